The molecule has 1 saturated carbocycles. The molecule has 2 aromatic carbocycles. The van der Waals surface area contributed by atoms with Crippen molar-refractivity contribution in [3.05, 3.63) is 57.3 Å². The van der Waals surface area contributed by atoms with Gasteiger partial charge in [-0.2, -0.15) is 13.2 Å². The lowest BCUT2D eigenvalue weighted by molar-refractivity contribution is -0.189. The van der Waals surface area contributed by atoms with Crippen LogP contribution < -0.4 is 10.2 Å². The minimum atomic E-state index is -4.41. The lowest BCUT2D eigenvalue weighted by Gasteiger charge is -2.32. The number of hydrogen-bond donors (Lipinski definition) is 1. The topological polar surface area (TPSA) is 32.3 Å². The van der Waals surface area contributed by atoms with Crippen LogP contribution in [0.5, 0.6) is 0 Å². The maximum Gasteiger partial charge on any atom is 0.395 e. The van der Waals surface area contributed by atoms with Gasteiger partial charge < -0.3 is 10.2 Å². The Hall–Kier alpha value is -1.99. The minimum absolute atomic E-state index is 0.0534. The van der Waals surface area contributed by atoms with Crippen molar-refractivity contribution >= 4 is 40.5 Å². The normalized spacial score (nSPS) is 17.5. The second kappa shape index (κ2) is 7.61. The molecule has 1 N–H and O–H groups in total. The summed E-state index contributed by atoms with van der Waals surface area (Å²) in [5.74, 6) is -1.10. The fourth-order valence-corrected chi connectivity index (χ4v) is 4.47. The Balaban J connectivity index is 1.55. The zero-order chi connectivity index (χ0) is 21.7. The number of anilines is 2. The van der Waals surface area contributed by atoms with Crippen LogP contribution in [0, 0.1) is 11.2 Å². The van der Waals surface area contributed by atoms with Crippen molar-refractivity contribution in [2.45, 2.75) is 38.4 Å². The number of amides is 1. The number of nitrogens with one attached hydrogen (secondary N) is 1. The van der Waals surface area contributed by atoms with Crippen LogP contribution in [0.4, 0.5) is 28.9 Å². The van der Waals surface area contributed by atoms with E-state index in [1.54, 1.807) is 18.2 Å². The molecule has 0 saturated heterocycles. The molecule has 9 heteroatoms. The van der Waals surface area contributed by atoms with Gasteiger partial charge in [-0.1, -0.05) is 23.2 Å². The van der Waals surface area contributed by atoms with Gasteiger partial charge in [0.1, 0.15) is 5.82 Å². The maximum absolute atomic E-state index is 13.2. The largest absolute Gasteiger partial charge is 0.395 e. The second-order valence-corrected chi connectivity index (χ2v) is 8.62. The summed E-state index contributed by atoms with van der Waals surface area (Å²) in [6.45, 7) is 1.08. The Morgan fingerprint density at radius 1 is 1.17 bits per heavy atom. The van der Waals surface area contributed by atoms with Crippen molar-refractivity contribution in [3.63, 3.8) is 0 Å². The van der Waals surface area contributed by atoms with Crippen molar-refractivity contribution in [2.24, 2.45) is 5.41 Å². The molecule has 2 aromatic rings. The highest BCUT2D eigenvalue weighted by molar-refractivity contribution is 6.40. The molecule has 0 spiro atoms. The van der Waals surface area contributed by atoms with Gasteiger partial charge in [-0.15, -0.1) is 0 Å². The second-order valence-electron chi connectivity index (χ2n) is 7.84. The van der Waals surface area contributed by atoms with Crippen molar-refractivity contribution < 1.29 is 22.4 Å². The standard InChI is InChI=1S/C21H18Cl2F4N2O/c22-16-9-12-5-8-29(14-3-1-13(24)2-4-14)11-15(12)18(23)19(16)28-17(30)10-20(6-7-20)21(25,26)27/h1-4,9H,5-8,10-11H2,(H,28,30). The average molecular weight is 461 g/mol. The van der Waals surface area contributed by atoms with Gasteiger partial charge in [0, 0.05) is 25.2 Å². The molecule has 1 fully saturated rings. The van der Waals surface area contributed by atoms with Crippen LogP contribution in [-0.2, 0) is 17.8 Å². The van der Waals surface area contributed by atoms with Gasteiger partial charge >= 0.3 is 6.18 Å². The van der Waals surface area contributed by atoms with Gasteiger partial charge in [0.25, 0.3) is 0 Å². The number of halogens is 6. The summed E-state index contributed by atoms with van der Waals surface area (Å²) >= 11 is 12.8. The molecule has 2 aliphatic rings. The highest BCUT2D eigenvalue weighted by Gasteiger charge is 2.63. The lowest BCUT2D eigenvalue weighted by atomic mass is 9.97. The summed E-state index contributed by atoms with van der Waals surface area (Å²) in [6, 6.07) is 7.76. The lowest BCUT2D eigenvalue weighted by Crippen LogP contribution is -2.31. The predicted octanol–water partition coefficient (Wildman–Crippen LogP) is 6.37. The molecule has 0 aromatic heterocycles. The average Bonchev–Trinajstić information content (AvgIpc) is 3.46. The fraction of sp³-hybridized carbons (Fsp3) is 0.381. The summed E-state index contributed by atoms with van der Waals surface area (Å²) in [6.07, 6.45) is -4.53. The maximum atomic E-state index is 13.2. The Kier molecular flexibility index (Phi) is 5.39. The molecule has 0 unspecified atom stereocenters. The molecule has 1 aliphatic heterocycles. The minimum Gasteiger partial charge on any atom is -0.367 e. The first kappa shape index (κ1) is 21.2. The van der Waals surface area contributed by atoms with E-state index in [1.807, 2.05) is 4.90 Å². The van der Waals surface area contributed by atoms with Crippen LogP contribution in [0.25, 0.3) is 0 Å². The number of carbonyl (C=O) groups excluding carboxylic acids is 1. The van der Waals surface area contributed by atoms with E-state index in [2.05, 4.69) is 5.32 Å². The van der Waals surface area contributed by atoms with E-state index >= 15 is 0 Å². The van der Waals surface area contributed by atoms with Crippen LogP contribution in [0.15, 0.2) is 30.3 Å². The van der Waals surface area contributed by atoms with Crippen molar-refractivity contribution in [1.29, 1.82) is 0 Å². The zero-order valence-corrected chi connectivity index (χ0v) is 17.3. The third-order valence-electron chi connectivity index (χ3n) is 5.82. The highest BCUT2D eigenvalue weighted by Crippen LogP contribution is 2.60. The third-order valence-corrected chi connectivity index (χ3v) is 6.54. The molecule has 0 bridgehead atoms. The van der Waals surface area contributed by atoms with E-state index in [-0.39, 0.29) is 34.4 Å². The first-order valence-electron chi connectivity index (χ1n) is 9.46. The van der Waals surface area contributed by atoms with Gasteiger partial charge in [-0.25, -0.2) is 4.39 Å². The molecule has 30 heavy (non-hydrogen) atoms. The van der Waals surface area contributed by atoms with Crippen LogP contribution in [0.1, 0.15) is 30.4 Å². The molecule has 1 heterocycles. The van der Waals surface area contributed by atoms with E-state index in [1.165, 1.54) is 12.1 Å². The van der Waals surface area contributed by atoms with Crippen LogP contribution >= 0.6 is 23.2 Å². The number of carbonyl (C=O) groups is 1. The van der Waals surface area contributed by atoms with Gasteiger partial charge in [-0.3, -0.25) is 4.79 Å². The first-order valence-corrected chi connectivity index (χ1v) is 10.2. The monoisotopic (exact) mass is 460 g/mol. The molecule has 160 valence electrons. The van der Waals surface area contributed by atoms with Gasteiger partial charge in [0.05, 0.1) is 21.1 Å². The number of benzene rings is 2. The molecule has 1 amide bonds. The summed E-state index contributed by atoms with van der Waals surface area (Å²) in [4.78, 5) is 14.3. The quantitative estimate of drug-likeness (QED) is 0.537. The summed E-state index contributed by atoms with van der Waals surface area (Å²) < 4.78 is 52.6. The number of fused-ring (bicyclic) bond motifs is 1. The molecule has 0 atom stereocenters. The number of nitrogens with zero attached hydrogens (tertiary/aromatic N) is 1. The van der Waals surface area contributed by atoms with E-state index in [4.69, 9.17) is 23.2 Å². The van der Waals surface area contributed by atoms with Gasteiger partial charge in [-0.05, 0) is 60.7 Å². The van der Waals surface area contributed by atoms with E-state index < -0.39 is 23.9 Å². The molecular weight excluding hydrogens is 443 g/mol. The molecular formula is C21H18Cl2F4N2O. The van der Waals surface area contributed by atoms with Crippen molar-refractivity contribution in [3.8, 4) is 0 Å². The smallest absolute Gasteiger partial charge is 0.367 e. The Morgan fingerprint density at radius 3 is 2.43 bits per heavy atom. The Bertz CT molecular complexity index is 988. The molecule has 1 aliphatic carbocycles. The van der Waals surface area contributed by atoms with E-state index in [9.17, 15) is 22.4 Å². The van der Waals surface area contributed by atoms with E-state index in [0.717, 1.165) is 16.8 Å². The Morgan fingerprint density at radius 2 is 1.83 bits per heavy atom. The summed E-state index contributed by atoms with van der Waals surface area (Å²) in [5.41, 5.74) is 0.656. The predicted molar refractivity (Wildman–Crippen MR) is 109 cm³/mol. The highest BCUT2D eigenvalue weighted by atomic mass is 35.5. The van der Waals surface area contributed by atoms with E-state index in [0.29, 0.717) is 19.5 Å². The Labute approximate surface area is 181 Å². The van der Waals surface area contributed by atoms with Gasteiger partial charge in [0.15, 0.2) is 0 Å². The number of alkyl halides is 3. The summed E-state index contributed by atoms with van der Waals surface area (Å²) in [5, 5.41) is 2.90. The van der Waals surface area contributed by atoms with Crippen molar-refractivity contribution in [2.75, 3.05) is 16.8 Å². The van der Waals surface area contributed by atoms with Crippen LogP contribution in [0.3, 0.4) is 0 Å². The van der Waals surface area contributed by atoms with Crippen LogP contribution in [0.2, 0.25) is 10.0 Å². The first-order chi connectivity index (χ1) is 14.1. The van der Waals surface area contributed by atoms with Crippen LogP contribution in [-0.4, -0.2) is 18.6 Å². The molecule has 4 rings (SSSR count). The zero-order valence-electron chi connectivity index (χ0n) is 15.8. The SMILES string of the molecule is O=C(CC1(C(F)(F)F)CC1)Nc1c(Cl)cc2c(c1Cl)CN(c1ccc(F)cc1)CC2. The number of rotatable bonds is 4. The third kappa shape index (κ3) is 3.97. The number of hydrogen-bond acceptors (Lipinski definition) is 2. The molecule has 0 radical (unpaired) electrons. The fourth-order valence-electron chi connectivity index (χ4n) is 3.82. The molecule has 3 nitrogen and oxygen atoms in total. The van der Waals surface area contributed by atoms with Crippen molar-refractivity contribution in [1.82, 2.24) is 0 Å². The van der Waals surface area contributed by atoms with Gasteiger partial charge in [0.2, 0.25) is 5.91 Å². The summed E-state index contributed by atoms with van der Waals surface area (Å²) in [7, 11) is 0.